The summed E-state index contributed by atoms with van der Waals surface area (Å²) in [6, 6.07) is 6.05. The molecule has 1 heterocycles. The Morgan fingerprint density at radius 2 is 1.90 bits per heavy atom. The van der Waals surface area contributed by atoms with E-state index in [9.17, 15) is 13.2 Å². The molecule has 21 heavy (non-hydrogen) atoms. The van der Waals surface area contributed by atoms with Crippen LogP contribution in [0.15, 0.2) is 36.5 Å². The molecule has 112 valence electrons. The summed E-state index contributed by atoms with van der Waals surface area (Å²) in [5, 5.41) is 3.44. The quantitative estimate of drug-likeness (QED) is 0.915. The maximum atomic E-state index is 12.5. The molecule has 0 spiro atoms. The van der Waals surface area contributed by atoms with E-state index in [1.807, 2.05) is 0 Å². The number of benzene rings is 1. The molecule has 0 aliphatic heterocycles. The first kappa shape index (κ1) is 15.6. The zero-order valence-electron chi connectivity index (χ0n) is 11.0. The number of nitrogens with zero attached hydrogens (tertiary/aromatic N) is 1. The lowest BCUT2D eigenvalue weighted by atomic mass is 10.2. The van der Waals surface area contributed by atoms with Gasteiger partial charge >= 0.3 is 6.18 Å². The first-order valence-corrected chi connectivity index (χ1v) is 6.42. The fourth-order valence-electron chi connectivity index (χ4n) is 1.67. The van der Waals surface area contributed by atoms with Crippen LogP contribution in [-0.2, 0) is 12.7 Å². The molecule has 3 nitrogen and oxygen atoms in total. The predicted octanol–water partition coefficient (Wildman–Crippen LogP) is 4.27. The van der Waals surface area contributed by atoms with Gasteiger partial charge in [-0.2, -0.15) is 13.2 Å². The molecular weight excluding hydrogens is 305 g/mol. The second kappa shape index (κ2) is 6.32. The van der Waals surface area contributed by atoms with E-state index in [1.54, 1.807) is 13.1 Å². The number of aromatic nitrogens is 1. The molecule has 0 unspecified atom stereocenters. The van der Waals surface area contributed by atoms with Crippen molar-refractivity contribution in [3.63, 3.8) is 0 Å². The van der Waals surface area contributed by atoms with Crippen molar-refractivity contribution in [1.29, 1.82) is 0 Å². The predicted molar refractivity (Wildman–Crippen MR) is 73.5 cm³/mol. The van der Waals surface area contributed by atoms with Crippen molar-refractivity contribution in [2.75, 3.05) is 7.05 Å². The number of alkyl halides is 3. The third kappa shape index (κ3) is 4.09. The van der Waals surface area contributed by atoms with Crippen molar-refractivity contribution in [3.05, 3.63) is 52.7 Å². The van der Waals surface area contributed by atoms with E-state index in [0.29, 0.717) is 11.6 Å². The molecular formula is C14H12ClF3N2O. The van der Waals surface area contributed by atoms with E-state index < -0.39 is 11.7 Å². The van der Waals surface area contributed by atoms with Gasteiger partial charge in [0.15, 0.2) is 0 Å². The van der Waals surface area contributed by atoms with Gasteiger partial charge < -0.3 is 10.1 Å². The van der Waals surface area contributed by atoms with Crippen LogP contribution in [0.4, 0.5) is 13.2 Å². The SMILES string of the molecule is CNCc1cc(Oc2ccc(C(F)(F)F)cc2)ncc1Cl. The first-order chi connectivity index (χ1) is 9.90. The van der Waals surface area contributed by atoms with Crippen LogP contribution in [-0.4, -0.2) is 12.0 Å². The van der Waals surface area contributed by atoms with E-state index >= 15 is 0 Å². The van der Waals surface area contributed by atoms with E-state index in [-0.39, 0.29) is 11.6 Å². The van der Waals surface area contributed by atoms with Crippen molar-refractivity contribution in [3.8, 4) is 11.6 Å². The third-order valence-electron chi connectivity index (χ3n) is 2.68. The highest BCUT2D eigenvalue weighted by molar-refractivity contribution is 6.31. The molecule has 0 saturated heterocycles. The number of halogens is 4. The Morgan fingerprint density at radius 3 is 2.48 bits per heavy atom. The second-order valence-electron chi connectivity index (χ2n) is 4.27. The molecule has 0 bridgehead atoms. The molecule has 0 atom stereocenters. The molecule has 1 N–H and O–H groups in total. The standard InChI is InChI=1S/C14H12ClF3N2O/c1-19-7-9-6-13(20-8-12(9)15)21-11-4-2-10(3-5-11)14(16,17)18/h2-6,8,19H,7H2,1H3. The van der Waals surface area contributed by atoms with Crippen LogP contribution < -0.4 is 10.1 Å². The number of hydrogen-bond donors (Lipinski definition) is 1. The van der Waals surface area contributed by atoms with Gasteiger partial charge in [-0.15, -0.1) is 0 Å². The van der Waals surface area contributed by atoms with Crippen molar-refractivity contribution in [2.45, 2.75) is 12.7 Å². The number of ether oxygens (including phenoxy) is 1. The minimum absolute atomic E-state index is 0.268. The summed E-state index contributed by atoms with van der Waals surface area (Å²) in [5.74, 6) is 0.539. The average Bonchev–Trinajstić information content (AvgIpc) is 2.42. The lowest BCUT2D eigenvalue weighted by molar-refractivity contribution is -0.137. The fourth-order valence-corrected chi connectivity index (χ4v) is 1.84. The monoisotopic (exact) mass is 316 g/mol. The molecule has 0 aliphatic carbocycles. The average molecular weight is 317 g/mol. The van der Waals surface area contributed by atoms with E-state index in [4.69, 9.17) is 16.3 Å². The van der Waals surface area contributed by atoms with Crippen LogP contribution >= 0.6 is 11.6 Å². The lowest BCUT2D eigenvalue weighted by Gasteiger charge is -2.10. The van der Waals surface area contributed by atoms with Crippen molar-refractivity contribution >= 4 is 11.6 Å². The Balaban J connectivity index is 2.16. The zero-order chi connectivity index (χ0) is 15.5. The molecule has 0 saturated carbocycles. The Labute approximate surface area is 124 Å². The highest BCUT2D eigenvalue weighted by Gasteiger charge is 2.30. The summed E-state index contributed by atoms with van der Waals surface area (Å²) in [5.41, 5.74) is 0.0610. The van der Waals surface area contributed by atoms with Gasteiger partial charge in [0.1, 0.15) is 5.75 Å². The molecule has 2 rings (SSSR count). The fraction of sp³-hybridized carbons (Fsp3) is 0.214. The Morgan fingerprint density at radius 1 is 1.24 bits per heavy atom. The minimum Gasteiger partial charge on any atom is -0.439 e. The van der Waals surface area contributed by atoms with Gasteiger partial charge in [0.05, 0.1) is 10.6 Å². The number of nitrogens with one attached hydrogen (secondary N) is 1. The molecule has 0 aliphatic rings. The van der Waals surface area contributed by atoms with Crippen molar-refractivity contribution < 1.29 is 17.9 Å². The van der Waals surface area contributed by atoms with Crippen LogP contribution in [0.25, 0.3) is 0 Å². The topological polar surface area (TPSA) is 34.1 Å². The van der Waals surface area contributed by atoms with Crippen molar-refractivity contribution in [1.82, 2.24) is 10.3 Å². The molecule has 0 fully saturated rings. The summed E-state index contributed by atoms with van der Waals surface area (Å²) in [7, 11) is 1.77. The lowest BCUT2D eigenvalue weighted by Crippen LogP contribution is -2.06. The molecule has 0 amide bonds. The highest BCUT2D eigenvalue weighted by Crippen LogP contribution is 2.31. The van der Waals surface area contributed by atoms with E-state index in [1.165, 1.54) is 18.3 Å². The molecule has 1 aromatic heterocycles. The van der Waals surface area contributed by atoms with Crippen LogP contribution in [0.2, 0.25) is 5.02 Å². The van der Waals surface area contributed by atoms with Crippen molar-refractivity contribution in [2.24, 2.45) is 0 Å². The van der Waals surface area contributed by atoms with Gasteiger partial charge in [-0.05, 0) is 36.9 Å². The summed E-state index contributed by atoms with van der Waals surface area (Å²) >= 11 is 5.97. The van der Waals surface area contributed by atoms with Crippen LogP contribution in [0, 0.1) is 0 Å². The maximum Gasteiger partial charge on any atom is 0.416 e. The first-order valence-electron chi connectivity index (χ1n) is 6.04. The minimum atomic E-state index is -4.36. The Hall–Kier alpha value is -1.79. The van der Waals surface area contributed by atoms with Gasteiger partial charge in [-0.3, -0.25) is 0 Å². The normalized spacial score (nSPS) is 11.5. The molecule has 0 radical (unpaired) electrons. The van der Waals surface area contributed by atoms with Crippen LogP contribution in [0.1, 0.15) is 11.1 Å². The van der Waals surface area contributed by atoms with E-state index in [2.05, 4.69) is 10.3 Å². The van der Waals surface area contributed by atoms with Gasteiger partial charge in [-0.25, -0.2) is 4.98 Å². The summed E-state index contributed by atoms with van der Waals surface area (Å²) in [6.45, 7) is 0.532. The summed E-state index contributed by atoms with van der Waals surface area (Å²) in [6.07, 6.45) is -2.93. The largest absolute Gasteiger partial charge is 0.439 e. The Bertz CT molecular complexity index is 615. The number of pyridine rings is 1. The summed E-state index contributed by atoms with van der Waals surface area (Å²) in [4.78, 5) is 3.98. The number of rotatable bonds is 4. The van der Waals surface area contributed by atoms with Crippen LogP contribution in [0.5, 0.6) is 11.6 Å². The Kier molecular flexibility index (Phi) is 4.69. The second-order valence-corrected chi connectivity index (χ2v) is 4.68. The van der Waals surface area contributed by atoms with Gasteiger partial charge in [0, 0.05) is 18.8 Å². The van der Waals surface area contributed by atoms with Gasteiger partial charge in [0.2, 0.25) is 5.88 Å². The zero-order valence-corrected chi connectivity index (χ0v) is 11.8. The maximum absolute atomic E-state index is 12.5. The molecule has 2 aromatic rings. The number of hydrogen-bond acceptors (Lipinski definition) is 3. The highest BCUT2D eigenvalue weighted by atomic mass is 35.5. The smallest absolute Gasteiger partial charge is 0.416 e. The van der Waals surface area contributed by atoms with E-state index in [0.717, 1.165) is 17.7 Å². The molecule has 7 heteroatoms. The van der Waals surface area contributed by atoms with Gasteiger partial charge in [0.25, 0.3) is 0 Å². The van der Waals surface area contributed by atoms with Gasteiger partial charge in [-0.1, -0.05) is 11.6 Å². The third-order valence-corrected chi connectivity index (χ3v) is 3.02. The summed E-state index contributed by atoms with van der Waals surface area (Å²) < 4.78 is 42.8. The van der Waals surface area contributed by atoms with Crippen LogP contribution in [0.3, 0.4) is 0 Å². The molecule has 1 aromatic carbocycles.